The topological polar surface area (TPSA) is 4.93 Å². The van der Waals surface area contributed by atoms with E-state index in [-0.39, 0.29) is 0 Å². The molecule has 1 nitrogen and oxygen atoms in total. The van der Waals surface area contributed by atoms with Gasteiger partial charge in [-0.2, -0.15) is 0 Å². The summed E-state index contributed by atoms with van der Waals surface area (Å²) in [6.07, 6.45) is 0. The Morgan fingerprint density at radius 2 is 1.93 bits per heavy atom. The third-order valence-electron chi connectivity index (χ3n) is 2.67. The van der Waals surface area contributed by atoms with Crippen LogP contribution in [-0.2, 0) is 7.05 Å². The second-order valence-electron chi connectivity index (χ2n) is 3.44. The molecule has 14 heavy (non-hydrogen) atoms. The lowest BCUT2D eigenvalue weighted by Gasteiger charge is -1.93. The van der Waals surface area contributed by atoms with Crippen molar-refractivity contribution < 1.29 is 0 Å². The van der Waals surface area contributed by atoms with Crippen LogP contribution in [0, 0.1) is 12.1 Å². The number of para-hydroxylation sites is 1. The molecule has 0 saturated carbocycles. The average molecular weight is 179 g/mol. The molecule has 2 aromatic carbocycles. The van der Waals surface area contributed by atoms with E-state index in [1.807, 2.05) is 6.07 Å². The number of benzene rings is 1. The van der Waals surface area contributed by atoms with Crippen molar-refractivity contribution in [1.82, 2.24) is 4.57 Å². The minimum atomic E-state index is 1.12. The van der Waals surface area contributed by atoms with Crippen LogP contribution >= 0.6 is 0 Å². The van der Waals surface area contributed by atoms with Crippen molar-refractivity contribution in [3.05, 3.63) is 48.5 Å². The van der Waals surface area contributed by atoms with Crippen molar-refractivity contribution in [2.45, 2.75) is 0 Å². The van der Waals surface area contributed by atoms with E-state index >= 15 is 0 Å². The van der Waals surface area contributed by atoms with E-state index in [9.17, 15) is 0 Å². The molecule has 0 radical (unpaired) electrons. The van der Waals surface area contributed by atoms with E-state index in [1.165, 1.54) is 16.3 Å². The molecule has 0 spiro atoms. The van der Waals surface area contributed by atoms with Gasteiger partial charge in [-0.1, -0.05) is 24.3 Å². The van der Waals surface area contributed by atoms with Crippen LogP contribution in [0.1, 0.15) is 0 Å². The molecule has 1 heteroatoms. The highest BCUT2D eigenvalue weighted by atomic mass is 14.9. The minimum absolute atomic E-state index is 1.12. The van der Waals surface area contributed by atoms with Crippen LogP contribution < -0.4 is 0 Å². The molecular formula is C13H9N. The molecule has 0 aliphatic carbocycles. The number of hydrogen-bond acceptors (Lipinski definition) is 0. The molecule has 0 atom stereocenters. The Bertz CT molecular complexity index is 551. The first-order valence-electron chi connectivity index (χ1n) is 4.63. The van der Waals surface area contributed by atoms with E-state index in [2.05, 4.69) is 54.1 Å². The fourth-order valence-electron chi connectivity index (χ4n) is 1.98. The van der Waals surface area contributed by atoms with Gasteiger partial charge in [-0.05, 0) is 24.3 Å². The molecule has 1 aromatic heterocycles. The first-order valence-corrected chi connectivity index (χ1v) is 4.63. The van der Waals surface area contributed by atoms with Gasteiger partial charge in [0.15, 0.2) is 0 Å². The summed E-state index contributed by atoms with van der Waals surface area (Å²) in [5.41, 5.74) is 2.37. The number of aromatic nitrogens is 1. The van der Waals surface area contributed by atoms with Gasteiger partial charge in [-0.15, -0.1) is 0 Å². The Hall–Kier alpha value is -1.94. The highest BCUT2D eigenvalue weighted by Crippen LogP contribution is 2.25. The summed E-state index contributed by atoms with van der Waals surface area (Å²) in [7, 11) is 2.06. The van der Waals surface area contributed by atoms with Gasteiger partial charge < -0.3 is 4.57 Å². The summed E-state index contributed by atoms with van der Waals surface area (Å²) in [5.74, 6) is 0. The molecule has 0 bridgehead atoms. The predicted molar refractivity (Wildman–Crippen MR) is 58.1 cm³/mol. The lowest BCUT2D eigenvalue weighted by Crippen LogP contribution is -1.84. The van der Waals surface area contributed by atoms with Gasteiger partial charge in [0.1, 0.15) is 5.52 Å². The average Bonchev–Trinajstić information content (AvgIpc) is 2.55. The Morgan fingerprint density at radius 3 is 2.86 bits per heavy atom. The zero-order chi connectivity index (χ0) is 9.54. The van der Waals surface area contributed by atoms with Gasteiger partial charge in [0, 0.05) is 23.3 Å². The number of fused-ring (bicyclic) bond motifs is 3. The first kappa shape index (κ1) is 7.46. The van der Waals surface area contributed by atoms with Crippen LogP contribution in [0.15, 0.2) is 36.4 Å². The minimum Gasteiger partial charge on any atom is -0.337 e. The van der Waals surface area contributed by atoms with Crippen molar-refractivity contribution >= 4 is 21.8 Å². The Labute approximate surface area is 82.6 Å². The van der Waals surface area contributed by atoms with Crippen molar-refractivity contribution in [1.29, 1.82) is 0 Å². The summed E-state index contributed by atoms with van der Waals surface area (Å²) in [6, 6.07) is 18.5. The molecular weight excluding hydrogens is 170 g/mol. The van der Waals surface area contributed by atoms with Gasteiger partial charge >= 0.3 is 0 Å². The van der Waals surface area contributed by atoms with E-state index in [0.717, 1.165) is 5.52 Å². The second kappa shape index (κ2) is 2.52. The van der Waals surface area contributed by atoms with E-state index < -0.39 is 0 Å². The predicted octanol–water partition coefficient (Wildman–Crippen LogP) is 2.93. The maximum Gasteiger partial charge on any atom is 0.100 e. The number of aryl methyl sites for hydroxylation is 1. The van der Waals surface area contributed by atoms with Gasteiger partial charge in [-0.3, -0.25) is 0 Å². The number of rotatable bonds is 0. The normalized spacial score (nSPS) is 10.6. The molecule has 3 aromatic rings. The van der Waals surface area contributed by atoms with Crippen LogP contribution in [0.3, 0.4) is 0 Å². The molecule has 0 aliphatic rings. The summed E-state index contributed by atoms with van der Waals surface area (Å²) < 4.78 is 2.15. The fourth-order valence-corrected chi connectivity index (χ4v) is 1.98. The largest absolute Gasteiger partial charge is 0.337 e. The monoisotopic (exact) mass is 179 g/mol. The van der Waals surface area contributed by atoms with E-state index in [0.29, 0.717) is 0 Å². The lowest BCUT2D eigenvalue weighted by molar-refractivity contribution is 1.01. The summed E-state index contributed by atoms with van der Waals surface area (Å²) in [5, 5.41) is 2.54. The quantitative estimate of drug-likeness (QED) is 0.500. The van der Waals surface area contributed by atoms with Gasteiger partial charge in [-0.25, -0.2) is 0 Å². The third-order valence-corrected chi connectivity index (χ3v) is 2.67. The lowest BCUT2D eigenvalue weighted by atomic mass is 10.2. The SMILES string of the molecule is Cn1c2c#cccc2c2ccccc21. The summed E-state index contributed by atoms with van der Waals surface area (Å²) in [4.78, 5) is 0. The van der Waals surface area contributed by atoms with Gasteiger partial charge in [0.2, 0.25) is 0 Å². The highest BCUT2D eigenvalue weighted by Gasteiger charge is 2.04. The molecule has 1 heterocycles. The van der Waals surface area contributed by atoms with Crippen LogP contribution in [0.25, 0.3) is 21.8 Å². The summed E-state index contributed by atoms with van der Waals surface area (Å²) >= 11 is 0. The van der Waals surface area contributed by atoms with E-state index in [4.69, 9.17) is 0 Å². The van der Waals surface area contributed by atoms with Crippen LogP contribution in [0.5, 0.6) is 0 Å². The van der Waals surface area contributed by atoms with Crippen molar-refractivity contribution in [2.24, 2.45) is 7.05 Å². The zero-order valence-electron chi connectivity index (χ0n) is 7.91. The first-order chi connectivity index (χ1) is 6.88. The van der Waals surface area contributed by atoms with Crippen LogP contribution in [0.4, 0.5) is 0 Å². The molecule has 0 amide bonds. The van der Waals surface area contributed by atoms with Gasteiger partial charge in [0.05, 0.1) is 0 Å². The Kier molecular flexibility index (Phi) is 1.35. The van der Waals surface area contributed by atoms with Crippen molar-refractivity contribution in [2.75, 3.05) is 0 Å². The fraction of sp³-hybridized carbons (Fsp3) is 0.0769. The Morgan fingerprint density at radius 1 is 1.07 bits per heavy atom. The van der Waals surface area contributed by atoms with E-state index in [1.54, 1.807) is 0 Å². The molecule has 0 aliphatic heterocycles. The number of nitrogens with zero attached hydrogens (tertiary/aromatic N) is 1. The second-order valence-corrected chi connectivity index (χ2v) is 3.44. The smallest absolute Gasteiger partial charge is 0.100 e. The van der Waals surface area contributed by atoms with Gasteiger partial charge in [0.25, 0.3) is 0 Å². The van der Waals surface area contributed by atoms with Crippen LogP contribution in [0.2, 0.25) is 0 Å². The molecule has 0 fully saturated rings. The maximum absolute atomic E-state index is 3.15. The molecule has 0 N–H and O–H groups in total. The van der Waals surface area contributed by atoms with Crippen molar-refractivity contribution in [3.63, 3.8) is 0 Å². The standard InChI is InChI=1S/C13H9N/c1-14-12-8-4-2-6-10(12)11-7-3-5-9-13(11)14/h2-4,6-8H,1H3. The Balaban J connectivity index is 2.69. The highest BCUT2D eigenvalue weighted by molar-refractivity contribution is 6.07. The zero-order valence-corrected chi connectivity index (χ0v) is 7.91. The maximum atomic E-state index is 3.15. The molecule has 0 unspecified atom stereocenters. The molecule has 3 rings (SSSR count). The van der Waals surface area contributed by atoms with Crippen LogP contribution in [-0.4, -0.2) is 4.57 Å². The summed E-state index contributed by atoms with van der Waals surface area (Å²) in [6.45, 7) is 0. The molecule has 66 valence electrons. The molecule has 0 saturated heterocycles. The van der Waals surface area contributed by atoms with Crippen molar-refractivity contribution in [3.8, 4) is 0 Å². The third kappa shape index (κ3) is 0.803. The number of hydrogen-bond donors (Lipinski definition) is 0.